The Bertz CT molecular complexity index is 1260. The van der Waals surface area contributed by atoms with Gasteiger partial charge >= 0.3 is 6.18 Å². The predicted octanol–water partition coefficient (Wildman–Crippen LogP) is 2.54. The Balaban J connectivity index is 1.19. The third-order valence-electron chi connectivity index (χ3n) is 8.46. The van der Waals surface area contributed by atoms with Gasteiger partial charge in [-0.15, -0.1) is 0 Å². The number of hydrogen-bond acceptors (Lipinski definition) is 7. The maximum Gasteiger partial charge on any atom is 0.433 e. The van der Waals surface area contributed by atoms with E-state index in [1.54, 1.807) is 9.80 Å². The van der Waals surface area contributed by atoms with Gasteiger partial charge in [-0.3, -0.25) is 14.4 Å². The monoisotopic (exact) mass is 602 g/mol. The number of halogens is 3. The van der Waals surface area contributed by atoms with Crippen LogP contribution in [0.25, 0.3) is 0 Å². The fourth-order valence-corrected chi connectivity index (χ4v) is 5.95. The van der Waals surface area contributed by atoms with E-state index < -0.39 is 23.8 Å². The second-order valence-electron chi connectivity index (χ2n) is 11.3. The highest BCUT2D eigenvalue weighted by Crippen LogP contribution is 2.29. The van der Waals surface area contributed by atoms with E-state index in [9.17, 15) is 27.6 Å². The lowest BCUT2D eigenvalue weighted by atomic mass is 9.93. The standard InChI is InChI=1S/C30H37F3N6O4/c31-30(32,33)25-6-11-34-29(36-25)39-14-7-22(8-15-39)26(40)35-24(20-21-4-2-1-3-5-21)28(42)37-12-9-23(10-13-37)27(41)38-16-18-43-19-17-38/h1-6,11,22-24H,7-10,12-20H2,(H,35,40)/t24-/m1/s1. The largest absolute Gasteiger partial charge is 0.433 e. The van der Waals surface area contributed by atoms with Crippen LogP contribution in [0.2, 0.25) is 0 Å². The molecule has 10 nitrogen and oxygen atoms in total. The number of ether oxygens (including phenoxy) is 1. The van der Waals surface area contributed by atoms with Crippen molar-refractivity contribution in [2.24, 2.45) is 11.8 Å². The minimum atomic E-state index is -4.57. The van der Waals surface area contributed by atoms with Gasteiger partial charge in [-0.05, 0) is 37.3 Å². The molecular weight excluding hydrogens is 565 g/mol. The van der Waals surface area contributed by atoms with Crippen molar-refractivity contribution in [3.8, 4) is 0 Å². The van der Waals surface area contributed by atoms with Crippen LogP contribution in [0.15, 0.2) is 42.6 Å². The van der Waals surface area contributed by atoms with E-state index in [4.69, 9.17) is 4.74 Å². The van der Waals surface area contributed by atoms with E-state index in [1.165, 1.54) is 0 Å². The Kier molecular flexibility index (Phi) is 9.79. The number of carbonyl (C=O) groups is 3. The SMILES string of the molecule is O=C(N[C@H](Cc1ccccc1)C(=O)N1CCC(C(=O)N2CCOCC2)CC1)C1CCN(c2nccc(C(F)(F)F)n2)CC1. The number of amides is 3. The minimum Gasteiger partial charge on any atom is -0.378 e. The molecule has 3 saturated heterocycles. The van der Waals surface area contributed by atoms with Gasteiger partial charge in [0.05, 0.1) is 13.2 Å². The number of anilines is 1. The molecule has 3 fully saturated rings. The van der Waals surface area contributed by atoms with Gasteiger partial charge < -0.3 is 24.8 Å². The quantitative estimate of drug-likeness (QED) is 0.519. The zero-order valence-electron chi connectivity index (χ0n) is 24.0. The van der Waals surface area contributed by atoms with E-state index in [-0.39, 0.29) is 29.6 Å². The van der Waals surface area contributed by atoms with E-state index in [0.717, 1.165) is 17.8 Å². The van der Waals surface area contributed by atoms with Gasteiger partial charge in [-0.1, -0.05) is 30.3 Å². The molecule has 232 valence electrons. The highest BCUT2D eigenvalue weighted by Gasteiger charge is 2.36. The summed E-state index contributed by atoms with van der Waals surface area (Å²) in [5.41, 5.74) is -0.0934. The number of nitrogens with one attached hydrogen (secondary N) is 1. The van der Waals surface area contributed by atoms with Gasteiger partial charge in [0.2, 0.25) is 23.7 Å². The number of aromatic nitrogens is 2. The predicted molar refractivity (Wildman–Crippen MR) is 151 cm³/mol. The van der Waals surface area contributed by atoms with Gasteiger partial charge in [-0.2, -0.15) is 13.2 Å². The zero-order chi connectivity index (χ0) is 30.4. The molecule has 1 aromatic carbocycles. The lowest BCUT2D eigenvalue weighted by Crippen LogP contribution is -2.54. The van der Waals surface area contributed by atoms with Gasteiger partial charge in [0.25, 0.3) is 0 Å². The number of benzene rings is 1. The maximum atomic E-state index is 13.7. The van der Waals surface area contributed by atoms with Crippen LogP contribution in [0.1, 0.15) is 36.9 Å². The number of carbonyl (C=O) groups excluding carboxylic acids is 3. The summed E-state index contributed by atoms with van der Waals surface area (Å²) in [4.78, 5) is 53.0. The first-order chi connectivity index (χ1) is 20.7. The van der Waals surface area contributed by atoms with Gasteiger partial charge in [0.1, 0.15) is 11.7 Å². The lowest BCUT2D eigenvalue weighted by molar-refractivity contribution is -0.144. The zero-order valence-corrected chi connectivity index (χ0v) is 24.0. The van der Waals surface area contributed by atoms with E-state index >= 15 is 0 Å². The fraction of sp³-hybridized carbons (Fsp3) is 0.567. The summed E-state index contributed by atoms with van der Waals surface area (Å²) in [6.45, 7) is 3.79. The summed E-state index contributed by atoms with van der Waals surface area (Å²) < 4.78 is 44.6. The molecule has 43 heavy (non-hydrogen) atoms. The lowest BCUT2D eigenvalue weighted by Gasteiger charge is -2.37. The van der Waals surface area contributed by atoms with E-state index in [0.29, 0.717) is 84.6 Å². The molecule has 0 aliphatic carbocycles. The Hall–Kier alpha value is -3.74. The van der Waals surface area contributed by atoms with Crippen molar-refractivity contribution >= 4 is 23.7 Å². The summed E-state index contributed by atoms with van der Waals surface area (Å²) in [7, 11) is 0. The molecule has 13 heteroatoms. The molecule has 1 N–H and O–H groups in total. The highest BCUT2D eigenvalue weighted by atomic mass is 19.4. The summed E-state index contributed by atoms with van der Waals surface area (Å²) in [6.07, 6.45) is -1.21. The Morgan fingerprint density at radius 1 is 0.884 bits per heavy atom. The summed E-state index contributed by atoms with van der Waals surface area (Å²) in [5.74, 6) is -0.853. The molecule has 5 rings (SSSR count). The molecule has 3 aliphatic rings. The van der Waals surface area contributed by atoms with Crippen molar-refractivity contribution in [1.82, 2.24) is 25.1 Å². The minimum absolute atomic E-state index is 0.0127. The Morgan fingerprint density at radius 2 is 1.53 bits per heavy atom. The fourth-order valence-electron chi connectivity index (χ4n) is 5.95. The second kappa shape index (κ2) is 13.7. The van der Waals surface area contributed by atoms with Crippen LogP contribution < -0.4 is 10.2 Å². The molecule has 4 heterocycles. The van der Waals surface area contributed by atoms with Crippen molar-refractivity contribution in [3.05, 3.63) is 53.9 Å². The molecule has 1 atom stereocenters. The van der Waals surface area contributed by atoms with Crippen LogP contribution in [0.3, 0.4) is 0 Å². The first-order valence-corrected chi connectivity index (χ1v) is 14.8. The molecule has 1 aromatic heterocycles. The van der Waals surface area contributed by atoms with Gasteiger partial charge in [-0.25, -0.2) is 9.97 Å². The van der Waals surface area contributed by atoms with Gasteiger partial charge in [0, 0.05) is 63.7 Å². The van der Waals surface area contributed by atoms with E-state index in [1.807, 2.05) is 35.2 Å². The van der Waals surface area contributed by atoms with Crippen molar-refractivity contribution in [2.75, 3.05) is 57.4 Å². The van der Waals surface area contributed by atoms with Gasteiger partial charge in [0.15, 0.2) is 0 Å². The summed E-state index contributed by atoms with van der Waals surface area (Å²) >= 11 is 0. The molecule has 0 spiro atoms. The van der Waals surface area contributed by atoms with Crippen LogP contribution in [-0.2, 0) is 31.7 Å². The second-order valence-corrected chi connectivity index (χ2v) is 11.3. The first-order valence-electron chi connectivity index (χ1n) is 14.8. The molecule has 0 saturated carbocycles. The molecule has 0 unspecified atom stereocenters. The summed E-state index contributed by atoms with van der Waals surface area (Å²) in [5, 5.41) is 2.98. The topological polar surface area (TPSA) is 108 Å². The Labute approximate surface area is 248 Å². The van der Waals surface area contributed by atoms with Crippen LogP contribution in [-0.4, -0.2) is 96.0 Å². The number of likely N-dealkylation sites (tertiary alicyclic amines) is 1. The van der Waals surface area contributed by atoms with Crippen LogP contribution in [0, 0.1) is 11.8 Å². The number of alkyl halides is 3. The number of piperidine rings is 2. The molecule has 2 aromatic rings. The normalized spacial score (nSPS) is 19.7. The number of nitrogens with zero attached hydrogens (tertiary/aromatic N) is 5. The van der Waals surface area contributed by atoms with Crippen LogP contribution >= 0.6 is 0 Å². The number of rotatable bonds is 7. The molecule has 3 amide bonds. The van der Waals surface area contributed by atoms with Crippen molar-refractivity contribution in [3.63, 3.8) is 0 Å². The smallest absolute Gasteiger partial charge is 0.378 e. The van der Waals surface area contributed by atoms with Crippen molar-refractivity contribution < 1.29 is 32.3 Å². The third kappa shape index (κ3) is 7.81. The summed E-state index contributed by atoms with van der Waals surface area (Å²) in [6, 6.07) is 9.53. The highest BCUT2D eigenvalue weighted by molar-refractivity contribution is 5.89. The number of morpholine rings is 1. The van der Waals surface area contributed by atoms with Crippen LogP contribution in [0.5, 0.6) is 0 Å². The molecule has 3 aliphatic heterocycles. The average Bonchev–Trinajstić information content (AvgIpc) is 3.04. The first kappa shape index (κ1) is 30.7. The Morgan fingerprint density at radius 3 is 2.19 bits per heavy atom. The third-order valence-corrected chi connectivity index (χ3v) is 8.46. The molecule has 0 radical (unpaired) electrons. The molecule has 0 bridgehead atoms. The number of hydrogen-bond donors (Lipinski definition) is 1. The molecular formula is C30H37F3N6O4. The maximum absolute atomic E-state index is 13.7. The van der Waals surface area contributed by atoms with Crippen molar-refractivity contribution in [2.45, 2.75) is 44.3 Å². The van der Waals surface area contributed by atoms with Crippen LogP contribution in [0.4, 0.5) is 19.1 Å². The van der Waals surface area contributed by atoms with E-state index in [2.05, 4.69) is 15.3 Å². The average molecular weight is 603 g/mol. The van der Waals surface area contributed by atoms with Crippen molar-refractivity contribution in [1.29, 1.82) is 0 Å².